The van der Waals surface area contributed by atoms with E-state index in [4.69, 9.17) is 9.47 Å². The van der Waals surface area contributed by atoms with E-state index in [1.54, 1.807) is 13.3 Å². The number of carbonyl (C=O) groups is 1. The van der Waals surface area contributed by atoms with Crippen molar-refractivity contribution in [3.05, 3.63) is 41.9 Å². The van der Waals surface area contributed by atoms with Gasteiger partial charge in [-0.3, -0.25) is 10.1 Å². The second-order valence-electron chi connectivity index (χ2n) is 4.87. The normalized spacial score (nSPS) is 10.7. The highest BCUT2D eigenvalue weighted by atomic mass is 16.5. The zero-order chi connectivity index (χ0) is 15.7. The Hall–Kier alpha value is -2.89. The van der Waals surface area contributed by atoms with E-state index in [0.717, 1.165) is 22.2 Å². The quantitative estimate of drug-likeness (QED) is 0.752. The molecule has 22 heavy (non-hydrogen) atoms. The molecule has 0 unspecified atom stereocenters. The first-order valence-electron chi connectivity index (χ1n) is 6.70. The summed E-state index contributed by atoms with van der Waals surface area (Å²) in [4.78, 5) is 16.2. The second-order valence-corrected chi connectivity index (χ2v) is 4.87. The summed E-state index contributed by atoms with van der Waals surface area (Å²) in [7, 11) is 2.94. The van der Waals surface area contributed by atoms with E-state index >= 15 is 0 Å². The molecule has 3 rings (SSSR count). The number of fused-ring (bicyclic) bond motifs is 1. The van der Waals surface area contributed by atoms with Crippen molar-refractivity contribution in [3.63, 3.8) is 0 Å². The molecule has 0 aliphatic rings. The minimum absolute atomic E-state index is 0.394. The molecule has 112 valence electrons. The van der Waals surface area contributed by atoms with Crippen LogP contribution in [0, 0.1) is 6.92 Å². The lowest BCUT2D eigenvalue weighted by molar-refractivity contribution is 0.0601. The van der Waals surface area contributed by atoms with Gasteiger partial charge in [0.1, 0.15) is 5.75 Å². The topological polar surface area (TPSA) is 77.1 Å². The number of rotatable bonds is 3. The minimum atomic E-state index is -0.436. The van der Waals surface area contributed by atoms with Crippen molar-refractivity contribution < 1.29 is 14.3 Å². The van der Waals surface area contributed by atoms with E-state index < -0.39 is 5.97 Å². The van der Waals surface area contributed by atoms with Gasteiger partial charge in [-0.05, 0) is 25.1 Å². The molecule has 0 saturated heterocycles. The van der Waals surface area contributed by atoms with E-state index in [0.29, 0.717) is 16.9 Å². The van der Waals surface area contributed by atoms with Crippen LogP contribution < -0.4 is 4.74 Å². The fourth-order valence-corrected chi connectivity index (χ4v) is 2.41. The van der Waals surface area contributed by atoms with Gasteiger partial charge in [0, 0.05) is 28.4 Å². The third-order valence-electron chi connectivity index (χ3n) is 3.50. The summed E-state index contributed by atoms with van der Waals surface area (Å²) < 4.78 is 10.3. The maximum absolute atomic E-state index is 12.0. The predicted octanol–water partition coefficient (Wildman–Crippen LogP) is 2.73. The lowest BCUT2D eigenvalue weighted by Gasteiger charge is -2.13. The number of methoxy groups -OCH3 is 2. The highest BCUT2D eigenvalue weighted by Gasteiger charge is 2.18. The molecule has 0 bridgehead atoms. The molecule has 1 aromatic carbocycles. The van der Waals surface area contributed by atoms with E-state index in [2.05, 4.69) is 15.2 Å². The second kappa shape index (κ2) is 5.48. The minimum Gasteiger partial charge on any atom is -0.496 e. The number of hydrogen-bond acceptors (Lipinski definition) is 5. The summed E-state index contributed by atoms with van der Waals surface area (Å²) >= 11 is 0. The van der Waals surface area contributed by atoms with Crippen molar-refractivity contribution in [2.24, 2.45) is 0 Å². The Kier molecular flexibility index (Phi) is 3.50. The van der Waals surface area contributed by atoms with Gasteiger partial charge in [0.2, 0.25) is 0 Å². The highest BCUT2D eigenvalue weighted by molar-refractivity contribution is 5.99. The van der Waals surface area contributed by atoms with Gasteiger partial charge in [-0.15, -0.1) is 0 Å². The highest BCUT2D eigenvalue weighted by Crippen LogP contribution is 2.35. The van der Waals surface area contributed by atoms with Crippen molar-refractivity contribution in [2.45, 2.75) is 6.92 Å². The Morgan fingerprint density at radius 1 is 1.14 bits per heavy atom. The number of aromatic amines is 1. The molecule has 1 N–H and O–H groups in total. The van der Waals surface area contributed by atoms with Crippen molar-refractivity contribution >= 4 is 16.9 Å². The lowest BCUT2D eigenvalue weighted by Crippen LogP contribution is -2.05. The van der Waals surface area contributed by atoms with Crippen LogP contribution in [0.15, 0.2) is 30.6 Å². The molecule has 0 atom stereocenters. The largest absolute Gasteiger partial charge is 0.496 e. The molecule has 0 amide bonds. The Bertz CT molecular complexity index is 855. The molecule has 0 aliphatic heterocycles. The van der Waals surface area contributed by atoms with Crippen LogP contribution in [0.5, 0.6) is 5.75 Å². The van der Waals surface area contributed by atoms with E-state index in [-0.39, 0.29) is 0 Å². The molecule has 6 heteroatoms. The summed E-state index contributed by atoms with van der Waals surface area (Å²) in [6, 6.07) is 5.62. The fourth-order valence-electron chi connectivity index (χ4n) is 2.41. The van der Waals surface area contributed by atoms with Gasteiger partial charge in [0.25, 0.3) is 0 Å². The average Bonchev–Trinajstić information content (AvgIpc) is 3.00. The van der Waals surface area contributed by atoms with Crippen molar-refractivity contribution in [1.29, 1.82) is 0 Å². The van der Waals surface area contributed by atoms with Gasteiger partial charge in [0.05, 0.1) is 31.5 Å². The monoisotopic (exact) mass is 297 g/mol. The number of hydrogen-bond donors (Lipinski definition) is 1. The predicted molar refractivity (Wildman–Crippen MR) is 82.0 cm³/mol. The van der Waals surface area contributed by atoms with Crippen LogP contribution in [-0.4, -0.2) is 35.4 Å². The van der Waals surface area contributed by atoms with Gasteiger partial charge in [0.15, 0.2) is 0 Å². The molecule has 0 radical (unpaired) electrons. The van der Waals surface area contributed by atoms with Gasteiger partial charge in [-0.2, -0.15) is 5.10 Å². The number of benzene rings is 1. The Balaban J connectivity index is 2.30. The van der Waals surface area contributed by atoms with Crippen LogP contribution in [-0.2, 0) is 4.74 Å². The first kappa shape index (κ1) is 14.1. The van der Waals surface area contributed by atoms with Crippen molar-refractivity contribution in [3.8, 4) is 16.9 Å². The molecule has 2 heterocycles. The average molecular weight is 297 g/mol. The molecule has 6 nitrogen and oxygen atoms in total. The summed E-state index contributed by atoms with van der Waals surface area (Å²) in [5.74, 6) is 0.221. The van der Waals surface area contributed by atoms with Crippen molar-refractivity contribution in [2.75, 3.05) is 14.2 Å². The standard InChI is InChI=1S/C16H15N3O3/c1-9-4-11(13(8-17-9)16(20)22-3)12-6-14-10(7-18-19-14)5-15(12)21-2/h4-8H,1-3H3,(H,18,19). The Labute approximate surface area is 127 Å². The number of pyridine rings is 1. The number of aromatic nitrogens is 3. The maximum atomic E-state index is 12.0. The number of nitrogens with zero attached hydrogens (tertiary/aromatic N) is 2. The first-order chi connectivity index (χ1) is 10.6. The number of ether oxygens (including phenoxy) is 2. The molecular weight excluding hydrogens is 282 g/mol. The molecule has 0 fully saturated rings. The maximum Gasteiger partial charge on any atom is 0.340 e. The molecule has 0 aliphatic carbocycles. The zero-order valence-corrected chi connectivity index (χ0v) is 12.5. The summed E-state index contributed by atoms with van der Waals surface area (Å²) in [6.45, 7) is 1.87. The van der Waals surface area contributed by atoms with Gasteiger partial charge < -0.3 is 9.47 Å². The number of H-pyrrole nitrogens is 1. The Morgan fingerprint density at radius 2 is 1.95 bits per heavy atom. The number of carbonyl (C=O) groups excluding carboxylic acids is 1. The molecule has 0 saturated carbocycles. The van der Waals surface area contributed by atoms with Crippen LogP contribution >= 0.6 is 0 Å². The van der Waals surface area contributed by atoms with Crippen LogP contribution in [0.1, 0.15) is 16.1 Å². The van der Waals surface area contributed by atoms with Crippen LogP contribution in [0.25, 0.3) is 22.0 Å². The molecule has 3 aromatic rings. The van der Waals surface area contributed by atoms with Crippen LogP contribution in [0.3, 0.4) is 0 Å². The smallest absolute Gasteiger partial charge is 0.340 e. The third-order valence-corrected chi connectivity index (χ3v) is 3.50. The summed E-state index contributed by atoms with van der Waals surface area (Å²) in [6.07, 6.45) is 3.24. The molecule has 2 aromatic heterocycles. The Morgan fingerprint density at radius 3 is 2.68 bits per heavy atom. The van der Waals surface area contributed by atoms with E-state index in [1.165, 1.54) is 13.3 Å². The fraction of sp³-hybridized carbons (Fsp3) is 0.188. The van der Waals surface area contributed by atoms with Gasteiger partial charge >= 0.3 is 5.97 Å². The molecule has 0 spiro atoms. The third kappa shape index (κ3) is 2.28. The van der Waals surface area contributed by atoms with E-state index in [1.807, 2.05) is 25.1 Å². The summed E-state index contributed by atoms with van der Waals surface area (Å²) in [5.41, 5.74) is 3.55. The number of nitrogens with one attached hydrogen (secondary N) is 1. The lowest BCUT2D eigenvalue weighted by atomic mass is 9.98. The van der Waals surface area contributed by atoms with Gasteiger partial charge in [-0.1, -0.05) is 0 Å². The van der Waals surface area contributed by atoms with Crippen molar-refractivity contribution in [1.82, 2.24) is 15.2 Å². The van der Waals surface area contributed by atoms with Gasteiger partial charge in [-0.25, -0.2) is 4.79 Å². The number of aryl methyl sites for hydroxylation is 1. The SMILES string of the molecule is COC(=O)c1cnc(C)cc1-c1cc2[nH]ncc2cc1OC. The van der Waals surface area contributed by atoms with Crippen LogP contribution in [0.2, 0.25) is 0 Å². The molecular formula is C16H15N3O3. The number of esters is 1. The van der Waals surface area contributed by atoms with E-state index in [9.17, 15) is 4.79 Å². The first-order valence-corrected chi connectivity index (χ1v) is 6.70. The van der Waals surface area contributed by atoms with Crippen LogP contribution in [0.4, 0.5) is 0 Å². The summed E-state index contributed by atoms with van der Waals surface area (Å²) in [5, 5.41) is 7.88. The zero-order valence-electron chi connectivity index (χ0n) is 12.5.